The summed E-state index contributed by atoms with van der Waals surface area (Å²) in [6.07, 6.45) is 0. The van der Waals surface area contributed by atoms with Crippen LogP contribution in [0.4, 0.5) is 0 Å². The summed E-state index contributed by atoms with van der Waals surface area (Å²) >= 11 is 0. The molecule has 0 saturated carbocycles. The minimum Gasteiger partial charge on any atom is -0.508 e. The number of nitrogens with zero attached hydrogens (tertiary/aromatic N) is 2. The molecule has 0 spiro atoms. The summed E-state index contributed by atoms with van der Waals surface area (Å²) in [5.41, 5.74) is 2.61. The van der Waals surface area contributed by atoms with Gasteiger partial charge in [0.2, 0.25) is 0 Å². The number of rotatable bonds is 4. The van der Waals surface area contributed by atoms with Crippen molar-refractivity contribution in [2.75, 3.05) is 32.8 Å². The van der Waals surface area contributed by atoms with Crippen LogP contribution >= 0.6 is 0 Å². The van der Waals surface area contributed by atoms with E-state index in [1.807, 2.05) is 19.1 Å². The van der Waals surface area contributed by atoms with E-state index in [1.54, 1.807) is 21.9 Å². The first kappa shape index (κ1) is 21.7. The van der Waals surface area contributed by atoms with Gasteiger partial charge >= 0.3 is 0 Å². The summed E-state index contributed by atoms with van der Waals surface area (Å²) < 4.78 is 5.89. The molecule has 0 bridgehead atoms. The van der Waals surface area contributed by atoms with Gasteiger partial charge in [-0.3, -0.25) is 9.59 Å². The molecule has 1 saturated heterocycles. The van der Waals surface area contributed by atoms with Crippen LogP contribution in [0.3, 0.4) is 0 Å². The third kappa shape index (κ3) is 5.12. The van der Waals surface area contributed by atoms with E-state index in [0.717, 1.165) is 16.9 Å². The van der Waals surface area contributed by atoms with Gasteiger partial charge in [-0.25, -0.2) is 0 Å². The maximum absolute atomic E-state index is 12.7. The molecule has 2 amide bonds. The molecule has 1 aliphatic rings. The summed E-state index contributed by atoms with van der Waals surface area (Å²) in [7, 11) is 0. The number of phenolic OH excluding ortho intramolecular Hbond substituents is 1. The lowest BCUT2D eigenvalue weighted by Crippen LogP contribution is -2.51. The molecule has 0 aliphatic carbocycles. The minimum absolute atomic E-state index is 0.0212. The second-order valence-corrected chi connectivity index (χ2v) is 8.76. The van der Waals surface area contributed by atoms with Crippen LogP contribution in [0.1, 0.15) is 42.3 Å². The molecule has 0 radical (unpaired) electrons. The molecule has 6 nitrogen and oxygen atoms in total. The Balaban J connectivity index is 1.56. The van der Waals surface area contributed by atoms with Gasteiger partial charge in [-0.2, -0.15) is 0 Å². The van der Waals surface area contributed by atoms with E-state index >= 15 is 0 Å². The fraction of sp³-hybridized carbons (Fsp3) is 0.417. The zero-order valence-electron chi connectivity index (χ0n) is 18.1. The highest BCUT2D eigenvalue weighted by molar-refractivity contribution is 5.94. The standard InChI is InChI=1S/C24H30N2O4/c1-17-8-9-21(20(14-17)24(2,3)4)30-16-22(28)25-10-12-26(13-11-25)23(29)18-6-5-7-19(27)15-18/h5-9,14-15,27H,10-13,16H2,1-4H3. The largest absolute Gasteiger partial charge is 0.508 e. The molecule has 1 heterocycles. The number of phenols is 1. The Morgan fingerprint density at radius 2 is 1.67 bits per heavy atom. The number of aromatic hydroxyl groups is 1. The molecule has 2 aromatic carbocycles. The van der Waals surface area contributed by atoms with Crippen molar-refractivity contribution in [2.45, 2.75) is 33.1 Å². The van der Waals surface area contributed by atoms with Crippen LogP contribution in [-0.2, 0) is 10.2 Å². The molecule has 3 rings (SSSR count). The van der Waals surface area contributed by atoms with Crippen molar-refractivity contribution in [1.82, 2.24) is 9.80 Å². The minimum atomic E-state index is -0.135. The lowest BCUT2D eigenvalue weighted by Gasteiger charge is -2.35. The van der Waals surface area contributed by atoms with Gasteiger partial charge in [0.05, 0.1) is 0 Å². The smallest absolute Gasteiger partial charge is 0.260 e. The molecule has 6 heteroatoms. The third-order valence-corrected chi connectivity index (χ3v) is 5.31. The molecule has 2 aromatic rings. The van der Waals surface area contributed by atoms with Gasteiger partial charge in [0.1, 0.15) is 11.5 Å². The molecule has 1 aliphatic heterocycles. The number of aryl methyl sites for hydroxylation is 1. The Morgan fingerprint density at radius 1 is 1.00 bits per heavy atom. The predicted octanol–water partition coefficient (Wildman–Crippen LogP) is 3.36. The summed E-state index contributed by atoms with van der Waals surface area (Å²) in [6, 6.07) is 12.3. The van der Waals surface area contributed by atoms with E-state index in [4.69, 9.17) is 4.74 Å². The van der Waals surface area contributed by atoms with Gasteiger partial charge in [-0.1, -0.05) is 44.5 Å². The number of benzene rings is 2. The average Bonchev–Trinajstić information content (AvgIpc) is 2.71. The van der Waals surface area contributed by atoms with Crippen molar-refractivity contribution in [2.24, 2.45) is 0 Å². The molecule has 1 fully saturated rings. The van der Waals surface area contributed by atoms with Crippen LogP contribution in [0.2, 0.25) is 0 Å². The SMILES string of the molecule is Cc1ccc(OCC(=O)N2CCN(C(=O)c3cccc(O)c3)CC2)c(C(C)(C)C)c1. The van der Waals surface area contributed by atoms with Crippen molar-refractivity contribution in [3.05, 3.63) is 59.2 Å². The molecule has 0 unspecified atom stereocenters. The number of carbonyl (C=O) groups is 2. The highest BCUT2D eigenvalue weighted by Gasteiger charge is 2.26. The second kappa shape index (κ2) is 8.78. The number of ether oxygens (including phenoxy) is 1. The zero-order valence-corrected chi connectivity index (χ0v) is 18.1. The van der Waals surface area contributed by atoms with Gasteiger partial charge in [-0.15, -0.1) is 0 Å². The number of piperazine rings is 1. The van der Waals surface area contributed by atoms with Crippen molar-refractivity contribution >= 4 is 11.8 Å². The van der Waals surface area contributed by atoms with Crippen molar-refractivity contribution < 1.29 is 19.4 Å². The Labute approximate surface area is 178 Å². The highest BCUT2D eigenvalue weighted by Crippen LogP contribution is 2.32. The van der Waals surface area contributed by atoms with E-state index in [-0.39, 0.29) is 29.6 Å². The van der Waals surface area contributed by atoms with E-state index in [0.29, 0.717) is 31.7 Å². The van der Waals surface area contributed by atoms with Crippen LogP contribution in [0.5, 0.6) is 11.5 Å². The van der Waals surface area contributed by atoms with Gasteiger partial charge in [0.15, 0.2) is 6.61 Å². The normalized spacial score (nSPS) is 14.5. The Kier molecular flexibility index (Phi) is 6.34. The van der Waals surface area contributed by atoms with Gasteiger partial charge in [0.25, 0.3) is 11.8 Å². The zero-order chi connectivity index (χ0) is 21.9. The number of hydrogen-bond donors (Lipinski definition) is 1. The fourth-order valence-electron chi connectivity index (χ4n) is 3.57. The first-order chi connectivity index (χ1) is 14.1. The topological polar surface area (TPSA) is 70.1 Å². The Morgan fingerprint density at radius 3 is 2.30 bits per heavy atom. The Bertz CT molecular complexity index is 925. The quantitative estimate of drug-likeness (QED) is 0.839. The van der Waals surface area contributed by atoms with Crippen LogP contribution < -0.4 is 4.74 Å². The van der Waals surface area contributed by atoms with Crippen LogP contribution in [0.15, 0.2) is 42.5 Å². The fourth-order valence-corrected chi connectivity index (χ4v) is 3.57. The number of carbonyl (C=O) groups excluding carboxylic acids is 2. The first-order valence-corrected chi connectivity index (χ1v) is 10.2. The van der Waals surface area contributed by atoms with E-state index in [9.17, 15) is 14.7 Å². The molecule has 0 atom stereocenters. The second-order valence-electron chi connectivity index (χ2n) is 8.76. The average molecular weight is 411 g/mol. The molecule has 30 heavy (non-hydrogen) atoms. The predicted molar refractivity (Wildman–Crippen MR) is 116 cm³/mol. The third-order valence-electron chi connectivity index (χ3n) is 5.31. The summed E-state index contributed by atoms with van der Waals surface area (Å²) in [5, 5.41) is 9.58. The van der Waals surface area contributed by atoms with Crippen molar-refractivity contribution in [3.63, 3.8) is 0 Å². The summed E-state index contributed by atoms with van der Waals surface area (Å²) in [5.74, 6) is 0.584. The van der Waals surface area contributed by atoms with Crippen molar-refractivity contribution in [1.29, 1.82) is 0 Å². The monoisotopic (exact) mass is 410 g/mol. The molecule has 160 valence electrons. The lowest BCUT2D eigenvalue weighted by molar-refractivity contribution is -0.134. The highest BCUT2D eigenvalue weighted by atomic mass is 16.5. The molecule has 0 aromatic heterocycles. The van der Waals surface area contributed by atoms with Crippen molar-refractivity contribution in [3.8, 4) is 11.5 Å². The van der Waals surface area contributed by atoms with Crippen LogP contribution in [0, 0.1) is 6.92 Å². The van der Waals surface area contributed by atoms with Gasteiger partial charge in [0, 0.05) is 31.7 Å². The first-order valence-electron chi connectivity index (χ1n) is 10.2. The molecular weight excluding hydrogens is 380 g/mol. The number of amides is 2. The van der Waals surface area contributed by atoms with E-state index in [2.05, 4.69) is 26.8 Å². The van der Waals surface area contributed by atoms with Crippen LogP contribution in [0.25, 0.3) is 0 Å². The Hall–Kier alpha value is -3.02. The van der Waals surface area contributed by atoms with E-state index < -0.39 is 0 Å². The summed E-state index contributed by atoms with van der Waals surface area (Å²) in [4.78, 5) is 28.7. The van der Waals surface area contributed by atoms with E-state index in [1.165, 1.54) is 12.1 Å². The maximum Gasteiger partial charge on any atom is 0.260 e. The summed E-state index contributed by atoms with van der Waals surface area (Å²) in [6.45, 7) is 10.2. The molecule has 1 N–H and O–H groups in total. The maximum atomic E-state index is 12.7. The van der Waals surface area contributed by atoms with Gasteiger partial charge in [-0.05, 0) is 42.2 Å². The van der Waals surface area contributed by atoms with Crippen LogP contribution in [-0.4, -0.2) is 59.5 Å². The molecular formula is C24H30N2O4. The van der Waals surface area contributed by atoms with Gasteiger partial charge < -0.3 is 19.6 Å². The number of hydrogen-bond acceptors (Lipinski definition) is 4. The lowest BCUT2D eigenvalue weighted by atomic mass is 9.85.